The van der Waals surface area contributed by atoms with Crippen molar-refractivity contribution in [3.8, 4) is 5.75 Å². The minimum absolute atomic E-state index is 0.0632. The van der Waals surface area contributed by atoms with Crippen molar-refractivity contribution in [2.45, 2.75) is 0 Å². The number of nitrogens with zero attached hydrogens (tertiary/aromatic N) is 1. The van der Waals surface area contributed by atoms with Crippen LogP contribution in [0.25, 0.3) is 0 Å². The zero-order chi connectivity index (χ0) is 9.84. The Morgan fingerprint density at radius 3 is 2.77 bits per heavy atom. The van der Waals surface area contributed by atoms with E-state index < -0.39 is 5.97 Å². The van der Waals surface area contributed by atoms with Crippen LogP contribution in [0.3, 0.4) is 0 Å². The number of nitrogens with one attached hydrogen (secondary N) is 1. The Kier molecular flexibility index (Phi) is 2.97. The lowest BCUT2D eigenvalue weighted by atomic mass is 10.5. The molecular formula is C7H8N2O3S. The van der Waals surface area contributed by atoms with Gasteiger partial charge in [-0.3, -0.25) is 0 Å². The van der Waals surface area contributed by atoms with Crippen molar-refractivity contribution in [3.05, 3.63) is 16.7 Å². The number of methoxy groups -OCH3 is 2. The van der Waals surface area contributed by atoms with Gasteiger partial charge in [0.15, 0.2) is 5.75 Å². The third-order valence-electron chi connectivity index (χ3n) is 1.37. The van der Waals surface area contributed by atoms with Crippen molar-refractivity contribution in [1.82, 2.24) is 9.97 Å². The first-order chi connectivity index (χ1) is 6.19. The molecule has 0 aliphatic heterocycles. The van der Waals surface area contributed by atoms with Gasteiger partial charge < -0.3 is 14.5 Å². The molecular weight excluding hydrogens is 192 g/mol. The quantitative estimate of drug-likeness (QED) is 0.568. The molecule has 0 fully saturated rings. The van der Waals surface area contributed by atoms with E-state index in [0.717, 1.165) is 0 Å². The summed E-state index contributed by atoms with van der Waals surface area (Å²) in [5.74, 6) is -0.0790. The molecule has 1 aromatic heterocycles. The lowest BCUT2D eigenvalue weighted by Crippen LogP contribution is -2.07. The van der Waals surface area contributed by atoms with Gasteiger partial charge in [-0.2, -0.15) is 0 Å². The monoisotopic (exact) mass is 200 g/mol. The molecule has 13 heavy (non-hydrogen) atoms. The molecule has 0 saturated carbocycles. The van der Waals surface area contributed by atoms with E-state index in [-0.39, 0.29) is 5.82 Å². The van der Waals surface area contributed by atoms with Gasteiger partial charge in [0.05, 0.1) is 20.4 Å². The molecule has 1 aromatic rings. The van der Waals surface area contributed by atoms with E-state index in [1.54, 1.807) is 0 Å². The number of rotatable bonds is 2. The molecule has 0 bridgehead atoms. The molecule has 0 amide bonds. The molecule has 0 radical (unpaired) electrons. The molecule has 0 atom stereocenters. The summed E-state index contributed by atoms with van der Waals surface area (Å²) < 4.78 is 9.63. The SMILES string of the molecule is COC(=O)c1ncc(OC)c(=S)[nH]1. The Balaban J connectivity index is 3.10. The highest BCUT2D eigenvalue weighted by atomic mass is 32.1. The lowest BCUT2D eigenvalue weighted by Gasteiger charge is -2.01. The van der Waals surface area contributed by atoms with Gasteiger partial charge in [0.25, 0.3) is 0 Å². The number of H-pyrrole nitrogens is 1. The molecule has 6 heteroatoms. The van der Waals surface area contributed by atoms with Crippen LogP contribution in [0.5, 0.6) is 5.75 Å². The third kappa shape index (κ3) is 2.03. The number of carbonyl (C=O) groups excluding carboxylic acids is 1. The maximum atomic E-state index is 11.0. The van der Waals surface area contributed by atoms with Crippen LogP contribution >= 0.6 is 12.2 Å². The highest BCUT2D eigenvalue weighted by molar-refractivity contribution is 7.71. The first-order valence-corrected chi connectivity index (χ1v) is 3.81. The standard InChI is InChI=1S/C7H8N2O3S/c1-11-4-3-8-5(7(10)12-2)9-6(4)13/h3H,1-2H3,(H,8,9,13). The van der Waals surface area contributed by atoms with Gasteiger partial charge in [0.2, 0.25) is 5.82 Å². The highest BCUT2D eigenvalue weighted by Gasteiger charge is 2.08. The maximum absolute atomic E-state index is 11.0. The van der Waals surface area contributed by atoms with Crippen LogP contribution < -0.4 is 4.74 Å². The van der Waals surface area contributed by atoms with Crippen molar-refractivity contribution in [2.75, 3.05) is 14.2 Å². The molecule has 5 nitrogen and oxygen atoms in total. The number of hydrogen-bond acceptors (Lipinski definition) is 5. The fourth-order valence-corrected chi connectivity index (χ4v) is 0.962. The van der Waals surface area contributed by atoms with Crippen LogP contribution in [-0.2, 0) is 4.74 Å². The summed E-state index contributed by atoms with van der Waals surface area (Å²) in [4.78, 5) is 17.3. The molecule has 1 N–H and O–H groups in total. The third-order valence-corrected chi connectivity index (χ3v) is 1.67. The highest BCUT2D eigenvalue weighted by Crippen LogP contribution is 2.08. The molecule has 0 aromatic carbocycles. The van der Waals surface area contributed by atoms with E-state index in [0.29, 0.717) is 10.4 Å². The predicted octanol–water partition coefficient (Wildman–Crippen LogP) is 0.934. The second-order valence-electron chi connectivity index (χ2n) is 2.12. The van der Waals surface area contributed by atoms with Gasteiger partial charge in [-0.1, -0.05) is 12.2 Å². The molecule has 1 rings (SSSR count). The zero-order valence-corrected chi connectivity index (χ0v) is 7.97. The van der Waals surface area contributed by atoms with Gasteiger partial charge in [-0.15, -0.1) is 0 Å². The zero-order valence-electron chi connectivity index (χ0n) is 7.16. The molecule has 0 spiro atoms. The van der Waals surface area contributed by atoms with E-state index in [2.05, 4.69) is 14.7 Å². The fourth-order valence-electron chi connectivity index (χ4n) is 0.729. The number of carbonyl (C=O) groups is 1. The van der Waals surface area contributed by atoms with Crippen LogP contribution in [0.15, 0.2) is 6.20 Å². The molecule has 0 aliphatic carbocycles. The summed E-state index contributed by atoms with van der Waals surface area (Å²) in [6.45, 7) is 0. The van der Waals surface area contributed by atoms with Crippen LogP contribution in [0.2, 0.25) is 0 Å². The first-order valence-electron chi connectivity index (χ1n) is 3.40. The summed E-state index contributed by atoms with van der Waals surface area (Å²) in [6.07, 6.45) is 1.37. The Bertz CT molecular complexity index is 374. The van der Waals surface area contributed by atoms with Gasteiger partial charge in [-0.05, 0) is 0 Å². The summed E-state index contributed by atoms with van der Waals surface area (Å²) in [6, 6.07) is 0. The average molecular weight is 200 g/mol. The summed E-state index contributed by atoms with van der Waals surface area (Å²) in [7, 11) is 2.74. The summed E-state index contributed by atoms with van der Waals surface area (Å²) in [5, 5.41) is 0. The number of hydrogen-bond donors (Lipinski definition) is 1. The number of ether oxygens (including phenoxy) is 2. The molecule has 0 unspecified atom stereocenters. The molecule has 0 aliphatic rings. The van der Waals surface area contributed by atoms with E-state index in [4.69, 9.17) is 17.0 Å². The average Bonchev–Trinajstić information content (AvgIpc) is 2.16. The Morgan fingerprint density at radius 2 is 2.31 bits per heavy atom. The maximum Gasteiger partial charge on any atom is 0.374 e. The van der Waals surface area contributed by atoms with Crippen molar-refractivity contribution in [1.29, 1.82) is 0 Å². The van der Waals surface area contributed by atoms with Crippen molar-refractivity contribution < 1.29 is 14.3 Å². The smallest absolute Gasteiger partial charge is 0.374 e. The van der Waals surface area contributed by atoms with Crippen molar-refractivity contribution in [2.24, 2.45) is 0 Å². The molecule has 70 valence electrons. The molecule has 1 heterocycles. The van der Waals surface area contributed by atoms with E-state index in [1.807, 2.05) is 0 Å². The van der Waals surface area contributed by atoms with Crippen molar-refractivity contribution in [3.63, 3.8) is 0 Å². The second-order valence-corrected chi connectivity index (χ2v) is 2.53. The molecule has 0 saturated heterocycles. The first kappa shape index (κ1) is 9.66. The normalized spacial score (nSPS) is 9.38. The number of aromatic nitrogens is 2. The number of esters is 1. The Hall–Kier alpha value is -1.43. The van der Waals surface area contributed by atoms with Gasteiger partial charge in [0.1, 0.15) is 4.64 Å². The van der Waals surface area contributed by atoms with Crippen LogP contribution in [-0.4, -0.2) is 30.2 Å². The van der Waals surface area contributed by atoms with E-state index in [1.165, 1.54) is 20.4 Å². The van der Waals surface area contributed by atoms with E-state index in [9.17, 15) is 4.79 Å². The Labute approximate surface area is 79.7 Å². The summed E-state index contributed by atoms with van der Waals surface area (Å²) >= 11 is 4.88. The van der Waals surface area contributed by atoms with Crippen molar-refractivity contribution >= 4 is 18.2 Å². The largest absolute Gasteiger partial charge is 0.492 e. The fraction of sp³-hybridized carbons (Fsp3) is 0.286. The van der Waals surface area contributed by atoms with Crippen LogP contribution in [0, 0.1) is 4.64 Å². The van der Waals surface area contributed by atoms with Gasteiger partial charge >= 0.3 is 5.97 Å². The lowest BCUT2D eigenvalue weighted by molar-refractivity contribution is 0.0586. The topological polar surface area (TPSA) is 64.2 Å². The summed E-state index contributed by atoms with van der Waals surface area (Å²) in [5.41, 5.74) is 0. The van der Waals surface area contributed by atoms with E-state index >= 15 is 0 Å². The second kappa shape index (κ2) is 3.99. The predicted molar refractivity (Wildman–Crippen MR) is 47.3 cm³/mol. The van der Waals surface area contributed by atoms with Crippen LogP contribution in [0.1, 0.15) is 10.6 Å². The Morgan fingerprint density at radius 1 is 1.62 bits per heavy atom. The minimum Gasteiger partial charge on any atom is -0.492 e. The minimum atomic E-state index is -0.561. The van der Waals surface area contributed by atoms with Crippen LogP contribution in [0.4, 0.5) is 0 Å². The van der Waals surface area contributed by atoms with Gasteiger partial charge in [0, 0.05) is 0 Å². The number of aromatic amines is 1. The van der Waals surface area contributed by atoms with Gasteiger partial charge in [-0.25, -0.2) is 9.78 Å².